The van der Waals surface area contributed by atoms with Crippen molar-refractivity contribution in [2.24, 2.45) is 0 Å². The number of nitrogens with zero attached hydrogens (tertiary/aromatic N) is 1. The summed E-state index contributed by atoms with van der Waals surface area (Å²) in [5.41, 5.74) is 1.23. The largest absolute Gasteiger partial charge is 0.490 e. The van der Waals surface area contributed by atoms with Crippen LogP contribution in [0.25, 0.3) is 0 Å². The third kappa shape index (κ3) is 3.23. The van der Waals surface area contributed by atoms with Crippen molar-refractivity contribution >= 4 is 24.2 Å². The minimum Gasteiger partial charge on any atom is -0.472 e. The Labute approximate surface area is 110 Å². The zero-order valence-corrected chi connectivity index (χ0v) is 10.2. The average molecular weight is 263 g/mol. The standard InChI is InChI=1S/C12H11BClNO3/c14-11-6-10(13(16)17)7-15-12(11)18-8-9-4-2-1-3-5-9/h1-7,16-17H,8H2. The molecule has 4 nitrogen and oxygen atoms in total. The molecule has 0 aliphatic rings. The minimum absolute atomic E-state index is 0.229. The molecule has 2 N–H and O–H groups in total. The normalized spacial score (nSPS) is 10.2. The van der Waals surface area contributed by atoms with E-state index in [2.05, 4.69) is 4.98 Å². The lowest BCUT2D eigenvalue weighted by Gasteiger charge is -2.08. The number of pyridine rings is 1. The van der Waals surface area contributed by atoms with Crippen LogP contribution in [-0.4, -0.2) is 22.2 Å². The number of rotatable bonds is 4. The Kier molecular flexibility index (Phi) is 4.20. The predicted molar refractivity (Wildman–Crippen MR) is 69.8 cm³/mol. The molecule has 0 spiro atoms. The third-order valence-corrected chi connectivity index (χ3v) is 2.62. The van der Waals surface area contributed by atoms with Gasteiger partial charge in [-0.15, -0.1) is 0 Å². The number of halogens is 1. The van der Waals surface area contributed by atoms with E-state index in [-0.39, 0.29) is 16.4 Å². The number of hydrogen-bond donors (Lipinski definition) is 2. The van der Waals surface area contributed by atoms with Crippen LogP contribution in [-0.2, 0) is 6.61 Å². The molecule has 1 aromatic heterocycles. The first-order chi connectivity index (χ1) is 8.66. The van der Waals surface area contributed by atoms with Gasteiger partial charge in [0.15, 0.2) is 0 Å². The van der Waals surface area contributed by atoms with Gasteiger partial charge in [0.25, 0.3) is 0 Å². The summed E-state index contributed by atoms with van der Waals surface area (Å²) < 4.78 is 5.45. The zero-order chi connectivity index (χ0) is 13.0. The molecule has 2 rings (SSSR count). The van der Waals surface area contributed by atoms with E-state index in [4.69, 9.17) is 26.4 Å². The number of hydrogen-bond acceptors (Lipinski definition) is 4. The molecule has 0 bridgehead atoms. The van der Waals surface area contributed by atoms with Crippen molar-refractivity contribution in [3.63, 3.8) is 0 Å². The fraction of sp³-hybridized carbons (Fsp3) is 0.0833. The van der Waals surface area contributed by atoms with Gasteiger partial charge in [0.2, 0.25) is 5.88 Å². The van der Waals surface area contributed by atoms with Crippen molar-refractivity contribution in [1.82, 2.24) is 4.98 Å². The van der Waals surface area contributed by atoms with Gasteiger partial charge in [0.1, 0.15) is 11.6 Å². The summed E-state index contributed by atoms with van der Waals surface area (Å²) >= 11 is 5.93. The summed E-state index contributed by atoms with van der Waals surface area (Å²) in [6, 6.07) is 11.0. The number of aromatic nitrogens is 1. The molecule has 0 saturated heterocycles. The number of ether oxygens (including phenoxy) is 1. The molecule has 1 heterocycles. The summed E-state index contributed by atoms with van der Waals surface area (Å²) in [6.45, 7) is 0.356. The van der Waals surface area contributed by atoms with Crippen molar-refractivity contribution < 1.29 is 14.8 Å². The van der Waals surface area contributed by atoms with E-state index in [1.165, 1.54) is 12.3 Å². The average Bonchev–Trinajstić information content (AvgIpc) is 2.38. The quantitative estimate of drug-likeness (QED) is 0.808. The van der Waals surface area contributed by atoms with Crippen molar-refractivity contribution in [3.8, 4) is 5.88 Å². The van der Waals surface area contributed by atoms with Crippen molar-refractivity contribution in [3.05, 3.63) is 53.2 Å². The van der Waals surface area contributed by atoms with Crippen LogP contribution in [0.4, 0.5) is 0 Å². The van der Waals surface area contributed by atoms with Gasteiger partial charge in [-0.1, -0.05) is 41.9 Å². The highest BCUT2D eigenvalue weighted by molar-refractivity contribution is 6.58. The van der Waals surface area contributed by atoms with Gasteiger partial charge in [-0.3, -0.25) is 0 Å². The molecule has 0 saturated carbocycles. The van der Waals surface area contributed by atoms with Crippen LogP contribution in [0.2, 0.25) is 5.02 Å². The third-order valence-electron chi connectivity index (χ3n) is 2.35. The second kappa shape index (κ2) is 5.86. The highest BCUT2D eigenvalue weighted by Crippen LogP contribution is 2.20. The molecule has 18 heavy (non-hydrogen) atoms. The predicted octanol–water partition coefficient (Wildman–Crippen LogP) is 0.994. The monoisotopic (exact) mass is 263 g/mol. The molecular weight excluding hydrogens is 252 g/mol. The fourth-order valence-electron chi connectivity index (χ4n) is 1.41. The van der Waals surface area contributed by atoms with Gasteiger partial charge in [-0.2, -0.15) is 0 Å². The highest BCUT2D eigenvalue weighted by atomic mass is 35.5. The Balaban J connectivity index is 2.06. The van der Waals surface area contributed by atoms with Gasteiger partial charge < -0.3 is 14.8 Å². The molecule has 92 valence electrons. The van der Waals surface area contributed by atoms with Crippen molar-refractivity contribution in [1.29, 1.82) is 0 Å². The maximum atomic E-state index is 8.96. The maximum Gasteiger partial charge on any atom is 0.490 e. The summed E-state index contributed by atoms with van der Waals surface area (Å²) in [7, 11) is -1.59. The first kappa shape index (κ1) is 12.9. The van der Waals surface area contributed by atoms with Crippen LogP contribution in [0.15, 0.2) is 42.6 Å². The van der Waals surface area contributed by atoms with Crippen LogP contribution >= 0.6 is 11.6 Å². The van der Waals surface area contributed by atoms with Crippen LogP contribution in [0.1, 0.15) is 5.56 Å². The first-order valence-corrected chi connectivity index (χ1v) is 5.73. The summed E-state index contributed by atoms with van der Waals surface area (Å²) in [5, 5.41) is 18.2. The van der Waals surface area contributed by atoms with E-state index in [9.17, 15) is 0 Å². The first-order valence-electron chi connectivity index (χ1n) is 5.35. The van der Waals surface area contributed by atoms with Crippen LogP contribution in [0.5, 0.6) is 5.88 Å². The van der Waals surface area contributed by atoms with Gasteiger partial charge in [0, 0.05) is 11.7 Å². The maximum absolute atomic E-state index is 8.96. The Morgan fingerprint density at radius 1 is 1.22 bits per heavy atom. The van der Waals surface area contributed by atoms with Gasteiger partial charge in [-0.25, -0.2) is 4.98 Å². The zero-order valence-electron chi connectivity index (χ0n) is 9.45. The lowest BCUT2D eigenvalue weighted by atomic mass is 9.82. The summed E-state index contributed by atoms with van der Waals surface area (Å²) in [5.74, 6) is 0.268. The number of benzene rings is 1. The molecule has 0 atom stereocenters. The van der Waals surface area contributed by atoms with E-state index in [1.54, 1.807) is 0 Å². The van der Waals surface area contributed by atoms with Gasteiger partial charge in [-0.05, 0) is 11.6 Å². The smallest absolute Gasteiger partial charge is 0.472 e. The second-order valence-electron chi connectivity index (χ2n) is 3.70. The molecule has 0 radical (unpaired) electrons. The minimum atomic E-state index is -1.59. The summed E-state index contributed by atoms with van der Waals surface area (Å²) in [4.78, 5) is 3.94. The fourth-order valence-corrected chi connectivity index (χ4v) is 1.64. The van der Waals surface area contributed by atoms with E-state index in [0.717, 1.165) is 5.56 Å². The molecule has 0 aliphatic carbocycles. The molecule has 0 unspecified atom stereocenters. The molecule has 6 heteroatoms. The SMILES string of the molecule is OB(O)c1cnc(OCc2ccccc2)c(Cl)c1. The van der Waals surface area contributed by atoms with E-state index >= 15 is 0 Å². The van der Waals surface area contributed by atoms with E-state index < -0.39 is 7.12 Å². The van der Waals surface area contributed by atoms with Crippen molar-refractivity contribution in [2.45, 2.75) is 6.61 Å². The van der Waals surface area contributed by atoms with Crippen molar-refractivity contribution in [2.75, 3.05) is 0 Å². The lowest BCUT2D eigenvalue weighted by molar-refractivity contribution is 0.294. The van der Waals surface area contributed by atoms with Crippen LogP contribution < -0.4 is 10.2 Å². The Bertz CT molecular complexity index is 522. The topological polar surface area (TPSA) is 62.6 Å². The van der Waals surface area contributed by atoms with Gasteiger partial charge >= 0.3 is 7.12 Å². The molecular formula is C12H11BClNO3. The molecule has 0 amide bonds. The Morgan fingerprint density at radius 3 is 2.56 bits per heavy atom. The van der Waals surface area contributed by atoms with E-state index in [1.807, 2.05) is 30.3 Å². The molecule has 0 fully saturated rings. The Morgan fingerprint density at radius 2 is 1.94 bits per heavy atom. The lowest BCUT2D eigenvalue weighted by Crippen LogP contribution is -2.30. The Hall–Kier alpha value is -1.56. The molecule has 1 aromatic carbocycles. The molecule has 2 aromatic rings. The van der Waals surface area contributed by atoms with Crippen LogP contribution in [0.3, 0.4) is 0 Å². The van der Waals surface area contributed by atoms with Crippen LogP contribution in [0, 0.1) is 0 Å². The summed E-state index contributed by atoms with van der Waals surface area (Å²) in [6.07, 6.45) is 1.32. The highest BCUT2D eigenvalue weighted by Gasteiger charge is 2.14. The van der Waals surface area contributed by atoms with Gasteiger partial charge in [0.05, 0.1) is 0 Å². The second-order valence-corrected chi connectivity index (χ2v) is 4.11. The van der Waals surface area contributed by atoms with E-state index in [0.29, 0.717) is 6.61 Å². The molecule has 0 aliphatic heterocycles.